The van der Waals surface area contributed by atoms with E-state index in [9.17, 15) is 0 Å². The maximum absolute atomic E-state index is 5.29. The van der Waals surface area contributed by atoms with Crippen LogP contribution in [0.2, 0.25) is 19.6 Å². The van der Waals surface area contributed by atoms with Gasteiger partial charge in [0.15, 0.2) is 0 Å². The average molecular weight is 866 g/mol. The molecule has 0 atom stereocenters. The second-order valence-electron chi connectivity index (χ2n) is 18.7. The summed E-state index contributed by atoms with van der Waals surface area (Å²) in [6.07, 6.45) is 43.7. The van der Waals surface area contributed by atoms with E-state index < -0.39 is 8.07 Å². The third kappa shape index (κ3) is 30.5. The summed E-state index contributed by atoms with van der Waals surface area (Å²) in [5.74, 6) is 7.10. The monoisotopic (exact) mass is 865 g/mol. The molecule has 4 heteroatoms. The first-order valence-corrected chi connectivity index (χ1v) is 28.4. The maximum Gasteiger partial charge on any atom is 0.139 e. The Labute approximate surface area is 378 Å². The van der Waals surface area contributed by atoms with Gasteiger partial charge < -0.3 is 0 Å². The zero-order valence-electron chi connectivity index (χ0n) is 39.6. The quantitative estimate of drug-likeness (QED) is 0.0290. The Morgan fingerprint density at radius 2 is 1.02 bits per heavy atom. The molecule has 334 valence electrons. The number of allylic oxidation sites excluding steroid dienone is 2. The standard InChI is InChI=1S/C55H90N2Si.Ni/c1-8-10-12-14-16-18-20-22-23-24-25-26-28-30-32-34-36-38-43-55(57-53-45-44-49(3)50(4)46-53)54(56-52-41-39-40-51(47-52)48-58(5,6)7)42-37-35-33-31-29-27-21-19-17-15-13-11-9-2;/h37,39-42,44-47H,8-36,48H2,1-7H3;/b42-37+,56-54?,57-55?;. The van der Waals surface area contributed by atoms with Crippen LogP contribution in [0.15, 0.2) is 64.6 Å². The van der Waals surface area contributed by atoms with Crippen LogP contribution in [0.4, 0.5) is 11.4 Å². The molecule has 0 radical (unpaired) electrons. The van der Waals surface area contributed by atoms with Gasteiger partial charge >= 0.3 is 0 Å². The molecule has 0 amide bonds. The number of hydrogen-bond acceptors (Lipinski definition) is 2. The largest absolute Gasteiger partial charge is 0.246 e. The van der Waals surface area contributed by atoms with Crippen LogP contribution in [0.1, 0.15) is 217 Å². The predicted molar refractivity (Wildman–Crippen MR) is 266 cm³/mol. The van der Waals surface area contributed by atoms with Gasteiger partial charge in [-0.2, -0.15) is 0 Å². The van der Waals surface area contributed by atoms with Gasteiger partial charge in [0.2, 0.25) is 0 Å². The van der Waals surface area contributed by atoms with Crippen molar-refractivity contribution < 1.29 is 16.5 Å². The zero-order valence-corrected chi connectivity index (χ0v) is 41.6. The van der Waals surface area contributed by atoms with E-state index in [2.05, 4.69) is 114 Å². The van der Waals surface area contributed by atoms with Gasteiger partial charge in [0.05, 0.1) is 17.1 Å². The number of benzene rings is 2. The second-order valence-corrected chi connectivity index (χ2v) is 24.2. The van der Waals surface area contributed by atoms with Crippen molar-refractivity contribution in [1.29, 1.82) is 0 Å². The Hall–Kier alpha value is -2.21. The molecule has 2 rings (SSSR count). The zero-order chi connectivity index (χ0) is 41.9. The van der Waals surface area contributed by atoms with Gasteiger partial charge in [0.25, 0.3) is 0 Å². The molecule has 0 aliphatic carbocycles. The van der Waals surface area contributed by atoms with Gasteiger partial charge in [-0.05, 0) is 92.1 Å². The first kappa shape index (κ1) is 54.8. The molecule has 0 saturated heterocycles. The third-order valence-electron chi connectivity index (χ3n) is 11.5. The van der Waals surface area contributed by atoms with Crippen LogP contribution in [0.3, 0.4) is 0 Å². The minimum absolute atomic E-state index is 0. The molecule has 0 aliphatic rings. The smallest absolute Gasteiger partial charge is 0.139 e. The van der Waals surface area contributed by atoms with Crippen LogP contribution in [0, 0.1) is 25.7 Å². The Bertz CT molecular complexity index is 1490. The fraction of sp³-hybridized carbons (Fsp3) is 0.673. The minimum Gasteiger partial charge on any atom is -0.246 e. The van der Waals surface area contributed by atoms with Gasteiger partial charge in [-0.1, -0.05) is 224 Å². The molecule has 2 nitrogen and oxygen atoms in total. The minimum atomic E-state index is -1.26. The summed E-state index contributed by atoms with van der Waals surface area (Å²) >= 11 is 0. The molecular formula is C55H90N2NiSi. The Morgan fingerprint density at radius 1 is 0.542 bits per heavy atom. The number of rotatable bonds is 34. The molecule has 0 aromatic heterocycles. The fourth-order valence-electron chi connectivity index (χ4n) is 7.76. The van der Waals surface area contributed by atoms with Crippen molar-refractivity contribution in [3.05, 3.63) is 71.3 Å². The van der Waals surface area contributed by atoms with Crippen LogP contribution >= 0.6 is 0 Å². The van der Waals surface area contributed by atoms with Crippen LogP contribution in [-0.2, 0) is 22.5 Å². The number of nitrogens with zero attached hydrogens (tertiary/aromatic N) is 2. The van der Waals surface area contributed by atoms with Crippen molar-refractivity contribution in [2.75, 3.05) is 0 Å². The number of unbranched alkanes of at least 4 members (excludes halogenated alkanes) is 27. The summed E-state index contributed by atoms with van der Waals surface area (Å²) in [5, 5.41) is 0. The summed E-state index contributed by atoms with van der Waals surface area (Å²) < 4.78 is 0. The van der Waals surface area contributed by atoms with Crippen molar-refractivity contribution >= 4 is 30.9 Å². The molecule has 0 N–H and O–H groups in total. The predicted octanol–water partition coefficient (Wildman–Crippen LogP) is 18.5. The van der Waals surface area contributed by atoms with Crippen LogP contribution in [0.5, 0.6) is 0 Å². The molecule has 2 aromatic carbocycles. The topological polar surface area (TPSA) is 24.7 Å². The van der Waals surface area contributed by atoms with E-state index in [0.29, 0.717) is 0 Å². The van der Waals surface area contributed by atoms with E-state index in [4.69, 9.17) is 9.98 Å². The molecule has 0 spiro atoms. The molecule has 0 saturated carbocycles. The molecule has 2 aromatic rings. The number of hydrogen-bond donors (Lipinski definition) is 0. The van der Waals surface area contributed by atoms with E-state index in [0.717, 1.165) is 48.1 Å². The van der Waals surface area contributed by atoms with Crippen LogP contribution in [0.25, 0.3) is 0 Å². The molecule has 0 bridgehead atoms. The summed E-state index contributed by atoms with van der Waals surface area (Å²) in [5.41, 5.74) is 7.54. The summed E-state index contributed by atoms with van der Waals surface area (Å²) in [6, 6.07) is 16.5. The molecular weight excluding hydrogens is 775 g/mol. The molecule has 0 fully saturated rings. The van der Waals surface area contributed by atoms with Gasteiger partial charge in [-0.15, -0.1) is 0 Å². The number of aliphatic imine (C=N–C) groups is 2. The van der Waals surface area contributed by atoms with E-state index in [-0.39, 0.29) is 16.5 Å². The van der Waals surface area contributed by atoms with E-state index in [1.165, 1.54) is 184 Å². The van der Waals surface area contributed by atoms with Crippen molar-refractivity contribution in [1.82, 2.24) is 0 Å². The number of aryl methyl sites for hydroxylation is 2. The molecule has 59 heavy (non-hydrogen) atoms. The van der Waals surface area contributed by atoms with E-state index >= 15 is 0 Å². The SMILES string of the molecule is CCCCCCCCCCCCC/C=C/C(=Nc1cccc(C[Si](C)(C)C)c1)C(C#CCCCCCCCCCCCCCCCCCC)=Nc1ccc(C)c(C)c1.[Ni]. The first-order chi connectivity index (χ1) is 28.2. The second kappa shape index (κ2) is 36.4. The maximum atomic E-state index is 5.29. The third-order valence-corrected chi connectivity index (χ3v) is 12.9. The van der Waals surface area contributed by atoms with Gasteiger partial charge in [-0.3, -0.25) is 0 Å². The molecule has 0 heterocycles. The van der Waals surface area contributed by atoms with E-state index in [1.807, 2.05) is 0 Å². The van der Waals surface area contributed by atoms with Crippen molar-refractivity contribution in [2.45, 2.75) is 240 Å². The van der Waals surface area contributed by atoms with Gasteiger partial charge in [0, 0.05) is 31.0 Å². The Balaban J connectivity index is 0.0000174. The normalized spacial score (nSPS) is 12.2. The van der Waals surface area contributed by atoms with Crippen molar-refractivity contribution in [3.8, 4) is 11.8 Å². The summed E-state index contributed by atoms with van der Waals surface area (Å²) in [4.78, 5) is 10.5. The fourth-order valence-corrected chi connectivity index (χ4v) is 9.20. The summed E-state index contributed by atoms with van der Waals surface area (Å²) in [6.45, 7) is 16.3. The van der Waals surface area contributed by atoms with Crippen LogP contribution in [-0.4, -0.2) is 19.5 Å². The summed E-state index contributed by atoms with van der Waals surface area (Å²) in [7, 11) is -1.26. The van der Waals surface area contributed by atoms with E-state index in [1.54, 1.807) is 0 Å². The Morgan fingerprint density at radius 3 is 1.51 bits per heavy atom. The average Bonchev–Trinajstić information content (AvgIpc) is 3.19. The Kier molecular flexibility index (Phi) is 33.9. The van der Waals surface area contributed by atoms with Crippen molar-refractivity contribution in [3.63, 3.8) is 0 Å². The first-order valence-electron chi connectivity index (χ1n) is 24.7. The van der Waals surface area contributed by atoms with Gasteiger partial charge in [-0.25, -0.2) is 9.98 Å². The molecule has 0 unspecified atom stereocenters. The molecule has 0 aliphatic heterocycles. The van der Waals surface area contributed by atoms with Crippen molar-refractivity contribution in [2.24, 2.45) is 9.98 Å². The van der Waals surface area contributed by atoms with Crippen LogP contribution < -0.4 is 0 Å². The van der Waals surface area contributed by atoms with Gasteiger partial charge in [0.1, 0.15) is 5.71 Å².